The average Bonchev–Trinajstić information content (AvgIpc) is 2.47. The Bertz CT molecular complexity index is 833. The predicted octanol–water partition coefficient (Wildman–Crippen LogP) is 5.28. The molecule has 106 valence electrons. The molecular weight excluding hydrogens is 350 g/mol. The van der Waals surface area contributed by atoms with Crippen LogP contribution in [0.1, 0.15) is 5.56 Å². The Morgan fingerprint density at radius 1 is 1.24 bits per heavy atom. The minimum atomic E-state index is 0.595. The Morgan fingerprint density at radius 3 is 2.81 bits per heavy atom. The van der Waals surface area contributed by atoms with Crippen LogP contribution in [0.5, 0.6) is 0 Å². The maximum Gasteiger partial charge on any atom is 0.0746 e. The molecule has 3 aromatic rings. The van der Waals surface area contributed by atoms with Gasteiger partial charge in [-0.3, -0.25) is 4.98 Å². The first-order chi connectivity index (χ1) is 10.1. The Morgan fingerprint density at radius 2 is 2.00 bits per heavy atom. The number of anilines is 3. The number of aromatic nitrogens is 1. The van der Waals surface area contributed by atoms with Crippen molar-refractivity contribution in [1.82, 2.24) is 4.98 Å². The molecule has 0 amide bonds. The summed E-state index contributed by atoms with van der Waals surface area (Å²) < 4.78 is 0.935. The maximum absolute atomic E-state index is 6.21. The van der Waals surface area contributed by atoms with Crippen molar-refractivity contribution in [3.63, 3.8) is 0 Å². The quantitative estimate of drug-likeness (QED) is 0.651. The van der Waals surface area contributed by atoms with E-state index in [0.29, 0.717) is 10.7 Å². The molecule has 0 saturated carbocycles. The highest BCUT2D eigenvalue weighted by molar-refractivity contribution is 9.10. The standard InChI is InChI=1S/C16H13BrClN3/c1-9-6-11(17)15(7-12(9)18)21-16-10-4-2-3-5-14(10)20-8-13(16)19/h2-8H,19H2,1H3,(H,20,21). The van der Waals surface area contributed by atoms with Crippen molar-refractivity contribution in [2.75, 3.05) is 11.1 Å². The second-order valence-electron chi connectivity index (χ2n) is 4.81. The number of para-hydroxylation sites is 1. The monoisotopic (exact) mass is 361 g/mol. The predicted molar refractivity (Wildman–Crippen MR) is 93.3 cm³/mol. The summed E-state index contributed by atoms with van der Waals surface area (Å²) in [6, 6.07) is 11.7. The van der Waals surface area contributed by atoms with Gasteiger partial charge in [-0.25, -0.2) is 0 Å². The minimum Gasteiger partial charge on any atom is -0.396 e. The zero-order valence-corrected chi connectivity index (χ0v) is 13.7. The second-order valence-corrected chi connectivity index (χ2v) is 6.07. The number of benzene rings is 2. The van der Waals surface area contributed by atoms with Crippen molar-refractivity contribution in [2.45, 2.75) is 6.92 Å². The molecule has 0 radical (unpaired) electrons. The van der Waals surface area contributed by atoms with Gasteiger partial charge in [-0.05, 0) is 46.6 Å². The van der Waals surface area contributed by atoms with Gasteiger partial charge in [0, 0.05) is 14.9 Å². The number of rotatable bonds is 2. The third-order valence-electron chi connectivity index (χ3n) is 3.31. The van der Waals surface area contributed by atoms with Gasteiger partial charge in [-0.2, -0.15) is 0 Å². The molecule has 0 aliphatic rings. The van der Waals surface area contributed by atoms with Crippen LogP contribution in [0.2, 0.25) is 5.02 Å². The number of halogens is 2. The molecule has 5 heteroatoms. The fraction of sp³-hybridized carbons (Fsp3) is 0.0625. The van der Waals surface area contributed by atoms with Crippen LogP contribution in [-0.4, -0.2) is 4.98 Å². The highest BCUT2D eigenvalue weighted by Crippen LogP contribution is 2.35. The van der Waals surface area contributed by atoms with Crippen LogP contribution in [-0.2, 0) is 0 Å². The molecule has 3 nitrogen and oxygen atoms in total. The number of nitrogens with zero attached hydrogens (tertiary/aromatic N) is 1. The number of fused-ring (bicyclic) bond motifs is 1. The van der Waals surface area contributed by atoms with Crippen LogP contribution in [0.4, 0.5) is 17.1 Å². The lowest BCUT2D eigenvalue weighted by atomic mass is 10.1. The van der Waals surface area contributed by atoms with Gasteiger partial charge in [-0.15, -0.1) is 0 Å². The van der Waals surface area contributed by atoms with Gasteiger partial charge in [0.05, 0.1) is 28.8 Å². The molecule has 0 fully saturated rings. The smallest absolute Gasteiger partial charge is 0.0746 e. The van der Waals surface area contributed by atoms with Crippen LogP contribution in [0.3, 0.4) is 0 Å². The second kappa shape index (κ2) is 5.54. The van der Waals surface area contributed by atoms with Gasteiger partial charge in [0.15, 0.2) is 0 Å². The number of nitrogen functional groups attached to an aromatic ring is 1. The minimum absolute atomic E-state index is 0.595. The summed E-state index contributed by atoms with van der Waals surface area (Å²) in [7, 11) is 0. The lowest BCUT2D eigenvalue weighted by Crippen LogP contribution is -1.99. The number of nitrogens with one attached hydrogen (secondary N) is 1. The molecule has 1 aromatic heterocycles. The van der Waals surface area contributed by atoms with Crippen molar-refractivity contribution in [2.24, 2.45) is 0 Å². The van der Waals surface area contributed by atoms with Gasteiger partial charge in [0.1, 0.15) is 0 Å². The average molecular weight is 363 g/mol. The Kier molecular flexibility index (Phi) is 3.74. The number of nitrogens with two attached hydrogens (primary N) is 1. The van der Waals surface area contributed by atoms with E-state index in [1.165, 1.54) is 0 Å². The number of aryl methyl sites for hydroxylation is 1. The van der Waals surface area contributed by atoms with Crippen LogP contribution >= 0.6 is 27.5 Å². The molecule has 0 spiro atoms. The Labute approximate surface area is 136 Å². The summed E-state index contributed by atoms with van der Waals surface area (Å²) in [5, 5.41) is 5.03. The lowest BCUT2D eigenvalue weighted by Gasteiger charge is -2.14. The third-order valence-corrected chi connectivity index (χ3v) is 4.38. The first kappa shape index (κ1) is 14.2. The van der Waals surface area contributed by atoms with Crippen molar-refractivity contribution in [3.05, 3.63) is 57.7 Å². The Balaban J connectivity index is 2.14. The van der Waals surface area contributed by atoms with Gasteiger partial charge in [-0.1, -0.05) is 29.8 Å². The van der Waals surface area contributed by atoms with Crippen molar-refractivity contribution < 1.29 is 0 Å². The van der Waals surface area contributed by atoms with Gasteiger partial charge < -0.3 is 11.1 Å². The SMILES string of the molecule is Cc1cc(Br)c(Nc2c(N)cnc3ccccc23)cc1Cl. The highest BCUT2D eigenvalue weighted by Gasteiger charge is 2.10. The summed E-state index contributed by atoms with van der Waals surface area (Å²) in [6.45, 7) is 1.97. The topological polar surface area (TPSA) is 50.9 Å². The molecule has 3 rings (SSSR count). The van der Waals surface area contributed by atoms with Crippen molar-refractivity contribution in [1.29, 1.82) is 0 Å². The Hall–Kier alpha value is -1.78. The molecule has 1 heterocycles. The third kappa shape index (κ3) is 2.69. The van der Waals surface area contributed by atoms with E-state index in [2.05, 4.69) is 26.2 Å². The van der Waals surface area contributed by atoms with Gasteiger partial charge in [0.25, 0.3) is 0 Å². The van der Waals surface area contributed by atoms with E-state index >= 15 is 0 Å². The fourth-order valence-corrected chi connectivity index (χ4v) is 2.89. The lowest BCUT2D eigenvalue weighted by molar-refractivity contribution is 1.39. The molecule has 2 aromatic carbocycles. The van der Waals surface area contributed by atoms with Crippen molar-refractivity contribution in [3.8, 4) is 0 Å². The number of hydrogen-bond acceptors (Lipinski definition) is 3. The zero-order valence-electron chi connectivity index (χ0n) is 11.3. The summed E-state index contributed by atoms with van der Waals surface area (Å²) in [5.41, 5.74) is 10.3. The summed E-state index contributed by atoms with van der Waals surface area (Å²) >= 11 is 9.76. The molecule has 21 heavy (non-hydrogen) atoms. The van der Waals surface area contributed by atoms with E-state index in [4.69, 9.17) is 17.3 Å². The number of pyridine rings is 1. The summed E-state index contributed by atoms with van der Waals surface area (Å²) in [6.07, 6.45) is 1.66. The highest BCUT2D eigenvalue weighted by atomic mass is 79.9. The van der Waals surface area contributed by atoms with E-state index in [1.807, 2.05) is 43.3 Å². The van der Waals surface area contributed by atoms with E-state index in [0.717, 1.165) is 32.3 Å². The van der Waals surface area contributed by atoms with E-state index < -0.39 is 0 Å². The van der Waals surface area contributed by atoms with E-state index in [1.54, 1.807) is 6.20 Å². The fourth-order valence-electron chi connectivity index (χ4n) is 2.17. The summed E-state index contributed by atoms with van der Waals surface area (Å²) in [5.74, 6) is 0. The van der Waals surface area contributed by atoms with E-state index in [9.17, 15) is 0 Å². The zero-order chi connectivity index (χ0) is 15.0. The molecule has 0 saturated heterocycles. The van der Waals surface area contributed by atoms with Crippen LogP contribution in [0.15, 0.2) is 47.1 Å². The molecule has 0 bridgehead atoms. The van der Waals surface area contributed by atoms with Gasteiger partial charge >= 0.3 is 0 Å². The first-order valence-corrected chi connectivity index (χ1v) is 7.59. The molecular formula is C16H13BrClN3. The molecule has 0 aliphatic carbocycles. The van der Waals surface area contributed by atoms with Crippen LogP contribution in [0, 0.1) is 6.92 Å². The molecule has 0 unspecified atom stereocenters. The largest absolute Gasteiger partial charge is 0.396 e. The number of hydrogen-bond donors (Lipinski definition) is 2. The van der Waals surface area contributed by atoms with Crippen LogP contribution in [0.25, 0.3) is 10.9 Å². The van der Waals surface area contributed by atoms with Crippen LogP contribution < -0.4 is 11.1 Å². The molecule has 0 aliphatic heterocycles. The van der Waals surface area contributed by atoms with Gasteiger partial charge in [0.2, 0.25) is 0 Å². The first-order valence-electron chi connectivity index (χ1n) is 6.42. The van der Waals surface area contributed by atoms with E-state index in [-0.39, 0.29) is 0 Å². The molecule has 0 atom stereocenters. The normalized spacial score (nSPS) is 10.8. The van der Waals surface area contributed by atoms with Crippen molar-refractivity contribution >= 4 is 55.5 Å². The summed E-state index contributed by atoms with van der Waals surface area (Å²) in [4.78, 5) is 4.33. The maximum atomic E-state index is 6.21. The molecule has 3 N–H and O–H groups in total.